The summed E-state index contributed by atoms with van der Waals surface area (Å²) in [7, 11) is 1.80. The summed E-state index contributed by atoms with van der Waals surface area (Å²) >= 11 is 0. The van der Waals surface area contributed by atoms with Gasteiger partial charge in [-0.1, -0.05) is 17.7 Å². The number of aryl methyl sites for hydroxylation is 1. The molecule has 1 heterocycles. The summed E-state index contributed by atoms with van der Waals surface area (Å²) in [6.07, 6.45) is 0.532. The van der Waals surface area contributed by atoms with Crippen LogP contribution in [-0.4, -0.2) is 36.9 Å². The van der Waals surface area contributed by atoms with Crippen molar-refractivity contribution in [1.82, 2.24) is 10.2 Å². The number of carbonyl (C=O) groups is 2. The van der Waals surface area contributed by atoms with E-state index in [2.05, 4.69) is 5.32 Å². The molecule has 1 aliphatic heterocycles. The van der Waals surface area contributed by atoms with Crippen LogP contribution in [0.5, 0.6) is 0 Å². The van der Waals surface area contributed by atoms with Gasteiger partial charge in [-0.05, 0) is 19.1 Å². The Labute approximate surface area is 107 Å². The molecule has 1 aromatic carbocycles. The second-order valence-corrected chi connectivity index (χ2v) is 4.92. The fraction of sp³-hybridized carbons (Fsp3) is 0.429. The lowest BCUT2D eigenvalue weighted by Gasteiger charge is -2.11. The molecule has 96 valence electrons. The Bertz CT molecular complexity index is 471. The molecular weight excluding hydrogens is 228 g/mol. The maximum absolute atomic E-state index is 11.9. The van der Waals surface area contributed by atoms with E-state index in [1.54, 1.807) is 18.0 Å². The Morgan fingerprint density at radius 1 is 1.50 bits per heavy atom. The Morgan fingerprint density at radius 2 is 2.28 bits per heavy atom. The minimum atomic E-state index is -0.0688. The lowest BCUT2D eigenvalue weighted by Crippen LogP contribution is -2.30. The fourth-order valence-electron chi connectivity index (χ4n) is 2.22. The average molecular weight is 246 g/mol. The van der Waals surface area contributed by atoms with Crippen molar-refractivity contribution in [3.05, 3.63) is 35.4 Å². The van der Waals surface area contributed by atoms with Crippen LogP contribution >= 0.6 is 0 Å². The summed E-state index contributed by atoms with van der Waals surface area (Å²) in [5.74, 6) is 0.321. The van der Waals surface area contributed by atoms with Gasteiger partial charge >= 0.3 is 0 Å². The smallest absolute Gasteiger partial charge is 0.251 e. The summed E-state index contributed by atoms with van der Waals surface area (Å²) in [4.78, 5) is 25.0. The molecule has 2 amide bonds. The molecule has 1 unspecified atom stereocenters. The van der Waals surface area contributed by atoms with E-state index in [0.29, 0.717) is 18.5 Å². The number of nitrogens with one attached hydrogen (secondary N) is 1. The quantitative estimate of drug-likeness (QED) is 0.871. The van der Waals surface area contributed by atoms with Crippen molar-refractivity contribution < 1.29 is 9.59 Å². The normalized spacial score (nSPS) is 19.1. The van der Waals surface area contributed by atoms with Crippen LogP contribution in [-0.2, 0) is 4.79 Å². The third-order valence-corrected chi connectivity index (χ3v) is 3.25. The van der Waals surface area contributed by atoms with Gasteiger partial charge in [0.05, 0.1) is 0 Å². The van der Waals surface area contributed by atoms with Gasteiger partial charge in [-0.15, -0.1) is 0 Å². The summed E-state index contributed by atoms with van der Waals surface area (Å²) in [6, 6.07) is 7.49. The van der Waals surface area contributed by atoms with Crippen molar-refractivity contribution in [1.29, 1.82) is 0 Å². The van der Waals surface area contributed by atoms with Gasteiger partial charge in [-0.2, -0.15) is 0 Å². The lowest BCUT2D eigenvalue weighted by atomic mass is 10.1. The second-order valence-electron chi connectivity index (χ2n) is 4.92. The first-order valence-corrected chi connectivity index (χ1v) is 6.15. The highest BCUT2D eigenvalue weighted by molar-refractivity contribution is 5.94. The third kappa shape index (κ3) is 2.88. The largest absolute Gasteiger partial charge is 0.352 e. The zero-order valence-corrected chi connectivity index (χ0v) is 10.8. The van der Waals surface area contributed by atoms with Crippen molar-refractivity contribution in [3.8, 4) is 0 Å². The van der Waals surface area contributed by atoms with E-state index in [9.17, 15) is 9.59 Å². The summed E-state index contributed by atoms with van der Waals surface area (Å²) in [5, 5.41) is 2.89. The van der Waals surface area contributed by atoms with Crippen LogP contribution in [0, 0.1) is 12.8 Å². The minimum absolute atomic E-state index is 0.0688. The van der Waals surface area contributed by atoms with Crippen molar-refractivity contribution >= 4 is 11.8 Å². The molecule has 18 heavy (non-hydrogen) atoms. The Kier molecular flexibility index (Phi) is 3.65. The van der Waals surface area contributed by atoms with E-state index in [-0.39, 0.29) is 17.7 Å². The van der Waals surface area contributed by atoms with Gasteiger partial charge in [0, 0.05) is 38.0 Å². The number of hydrogen-bond acceptors (Lipinski definition) is 2. The SMILES string of the molecule is Cc1cccc(C(=O)NCC2CC(=O)N(C)C2)c1. The Morgan fingerprint density at radius 3 is 2.89 bits per heavy atom. The predicted octanol–water partition coefficient (Wildman–Crippen LogP) is 1.20. The number of benzene rings is 1. The highest BCUT2D eigenvalue weighted by Crippen LogP contribution is 2.15. The standard InChI is InChI=1S/C14H18N2O2/c1-10-4-3-5-12(6-10)14(18)15-8-11-7-13(17)16(2)9-11/h3-6,11H,7-9H2,1-2H3,(H,15,18). The van der Waals surface area contributed by atoms with Crippen LogP contribution in [0.4, 0.5) is 0 Å². The zero-order valence-electron chi connectivity index (χ0n) is 10.8. The molecule has 0 saturated carbocycles. The van der Waals surface area contributed by atoms with Gasteiger partial charge < -0.3 is 10.2 Å². The Hall–Kier alpha value is -1.84. The van der Waals surface area contributed by atoms with Crippen molar-refractivity contribution in [3.63, 3.8) is 0 Å². The van der Waals surface area contributed by atoms with E-state index in [1.165, 1.54) is 0 Å². The summed E-state index contributed by atoms with van der Waals surface area (Å²) < 4.78 is 0. The molecule has 1 atom stereocenters. The average Bonchev–Trinajstić information content (AvgIpc) is 2.66. The second kappa shape index (κ2) is 5.21. The first-order chi connectivity index (χ1) is 8.56. The van der Waals surface area contributed by atoms with Crippen LogP contribution in [0.2, 0.25) is 0 Å². The fourth-order valence-corrected chi connectivity index (χ4v) is 2.22. The molecule has 0 aromatic heterocycles. The number of likely N-dealkylation sites (tertiary alicyclic amines) is 1. The predicted molar refractivity (Wildman–Crippen MR) is 69.3 cm³/mol. The number of carbonyl (C=O) groups excluding carboxylic acids is 2. The first-order valence-electron chi connectivity index (χ1n) is 6.15. The van der Waals surface area contributed by atoms with Crippen LogP contribution < -0.4 is 5.32 Å². The molecular formula is C14H18N2O2. The number of nitrogens with zero attached hydrogens (tertiary/aromatic N) is 1. The molecule has 0 spiro atoms. The van der Waals surface area contributed by atoms with Crippen LogP contribution in [0.1, 0.15) is 22.3 Å². The van der Waals surface area contributed by atoms with E-state index >= 15 is 0 Å². The maximum Gasteiger partial charge on any atom is 0.251 e. The van der Waals surface area contributed by atoms with E-state index in [0.717, 1.165) is 12.1 Å². The van der Waals surface area contributed by atoms with Crippen LogP contribution in [0.3, 0.4) is 0 Å². The molecule has 2 rings (SSSR count). The van der Waals surface area contributed by atoms with E-state index < -0.39 is 0 Å². The molecule has 0 radical (unpaired) electrons. The van der Waals surface area contributed by atoms with Crippen molar-refractivity contribution in [2.24, 2.45) is 5.92 Å². The molecule has 4 heteroatoms. The van der Waals surface area contributed by atoms with Crippen molar-refractivity contribution in [2.45, 2.75) is 13.3 Å². The third-order valence-electron chi connectivity index (χ3n) is 3.25. The van der Waals surface area contributed by atoms with E-state index in [1.807, 2.05) is 25.1 Å². The van der Waals surface area contributed by atoms with Crippen molar-refractivity contribution in [2.75, 3.05) is 20.1 Å². The summed E-state index contributed by atoms with van der Waals surface area (Å²) in [5.41, 5.74) is 1.74. The Balaban J connectivity index is 1.87. The zero-order chi connectivity index (χ0) is 13.1. The van der Waals surface area contributed by atoms with Gasteiger partial charge in [-0.3, -0.25) is 9.59 Å². The highest BCUT2D eigenvalue weighted by Gasteiger charge is 2.26. The van der Waals surface area contributed by atoms with Gasteiger partial charge in [0.1, 0.15) is 0 Å². The maximum atomic E-state index is 11.9. The highest BCUT2D eigenvalue weighted by atomic mass is 16.2. The minimum Gasteiger partial charge on any atom is -0.352 e. The molecule has 0 bridgehead atoms. The number of rotatable bonds is 3. The van der Waals surface area contributed by atoms with Gasteiger partial charge in [0.15, 0.2) is 0 Å². The molecule has 0 aliphatic carbocycles. The number of amides is 2. The van der Waals surface area contributed by atoms with Gasteiger partial charge in [0.2, 0.25) is 5.91 Å². The van der Waals surface area contributed by atoms with E-state index in [4.69, 9.17) is 0 Å². The molecule has 4 nitrogen and oxygen atoms in total. The summed E-state index contributed by atoms with van der Waals surface area (Å²) in [6.45, 7) is 3.25. The van der Waals surface area contributed by atoms with Gasteiger partial charge in [-0.25, -0.2) is 0 Å². The molecule has 1 saturated heterocycles. The molecule has 1 aliphatic rings. The van der Waals surface area contributed by atoms with Gasteiger partial charge in [0.25, 0.3) is 5.91 Å². The first kappa shape index (κ1) is 12.6. The lowest BCUT2D eigenvalue weighted by molar-refractivity contribution is -0.126. The topological polar surface area (TPSA) is 49.4 Å². The molecule has 1 fully saturated rings. The van der Waals surface area contributed by atoms with Crippen LogP contribution in [0.25, 0.3) is 0 Å². The van der Waals surface area contributed by atoms with Crippen LogP contribution in [0.15, 0.2) is 24.3 Å². The molecule has 1 N–H and O–H groups in total. The number of hydrogen-bond donors (Lipinski definition) is 1. The monoisotopic (exact) mass is 246 g/mol. The molecule has 1 aromatic rings.